The Morgan fingerprint density at radius 2 is 1.92 bits per heavy atom. The fourth-order valence-corrected chi connectivity index (χ4v) is 4.79. The molecule has 0 saturated heterocycles. The van der Waals surface area contributed by atoms with Crippen molar-refractivity contribution in [3.63, 3.8) is 0 Å². The number of primary amides is 1. The van der Waals surface area contributed by atoms with E-state index in [0.29, 0.717) is 18.4 Å². The zero-order chi connectivity index (χ0) is 18.7. The van der Waals surface area contributed by atoms with Crippen LogP contribution in [0, 0.1) is 24.7 Å². The molecule has 0 aromatic heterocycles. The number of benzene rings is 1. The highest BCUT2D eigenvalue weighted by molar-refractivity contribution is 6.21. The van der Waals surface area contributed by atoms with Gasteiger partial charge in [0.15, 0.2) is 11.6 Å². The van der Waals surface area contributed by atoms with Crippen LogP contribution in [0.2, 0.25) is 0 Å². The van der Waals surface area contributed by atoms with Crippen molar-refractivity contribution in [3.05, 3.63) is 51.8 Å². The molecule has 0 aliphatic heterocycles. The summed E-state index contributed by atoms with van der Waals surface area (Å²) in [5.41, 5.74) is 7.53. The molecule has 4 N–H and O–H groups in total. The summed E-state index contributed by atoms with van der Waals surface area (Å²) in [7, 11) is 0. The summed E-state index contributed by atoms with van der Waals surface area (Å²) < 4.78 is 0. The molecule has 3 aliphatic carbocycles. The number of fused-ring (bicyclic) bond motifs is 3. The Bertz CT molecular complexity index is 940. The van der Waals surface area contributed by atoms with Gasteiger partial charge >= 0.3 is 0 Å². The molecule has 1 aromatic rings. The Hall–Kier alpha value is -2.89. The Labute approximate surface area is 150 Å². The standard InChI is InChI=1S/C20H19NO5/c1-8-3-2-4-9-5-10-6-11-7-12(22)16(20(21)26)19(25)15(11)18(24)14(10)17(23)13(8)9/h2-4,10-11,15,23,25H,5-7H2,1H3,(H2,21,26). The number of Topliss-reactive ketones (excluding diaryl/α,β-unsaturated/α-hetero) is 2. The maximum Gasteiger partial charge on any atom is 0.255 e. The minimum absolute atomic E-state index is 0.00393. The lowest BCUT2D eigenvalue weighted by atomic mass is 9.61. The van der Waals surface area contributed by atoms with Gasteiger partial charge in [0.25, 0.3) is 5.91 Å². The molecule has 0 heterocycles. The molecular weight excluding hydrogens is 334 g/mol. The van der Waals surface area contributed by atoms with E-state index < -0.39 is 34.7 Å². The van der Waals surface area contributed by atoms with Crippen LogP contribution in [0.25, 0.3) is 5.76 Å². The average molecular weight is 353 g/mol. The minimum atomic E-state index is -1.02. The normalized spacial score (nSPS) is 27.8. The number of rotatable bonds is 1. The lowest BCUT2D eigenvalue weighted by Gasteiger charge is -2.41. The molecule has 1 amide bonds. The van der Waals surface area contributed by atoms with E-state index in [4.69, 9.17) is 5.73 Å². The van der Waals surface area contributed by atoms with Crippen LogP contribution >= 0.6 is 0 Å². The van der Waals surface area contributed by atoms with Crippen molar-refractivity contribution in [2.75, 3.05) is 0 Å². The fourth-order valence-electron chi connectivity index (χ4n) is 4.79. The van der Waals surface area contributed by atoms with Crippen molar-refractivity contribution < 1.29 is 24.6 Å². The van der Waals surface area contributed by atoms with Crippen LogP contribution in [0.15, 0.2) is 35.1 Å². The molecule has 6 heteroatoms. The smallest absolute Gasteiger partial charge is 0.255 e. The van der Waals surface area contributed by atoms with Crippen molar-refractivity contribution in [3.8, 4) is 0 Å². The summed E-state index contributed by atoms with van der Waals surface area (Å²) in [6, 6.07) is 5.71. The van der Waals surface area contributed by atoms with Gasteiger partial charge in [0.1, 0.15) is 17.1 Å². The summed E-state index contributed by atoms with van der Waals surface area (Å²) >= 11 is 0. The maximum atomic E-state index is 13.1. The molecule has 3 unspecified atom stereocenters. The lowest BCUT2D eigenvalue weighted by molar-refractivity contribution is -0.127. The number of amides is 1. The number of aryl methyl sites for hydroxylation is 1. The van der Waals surface area contributed by atoms with Crippen LogP contribution in [-0.2, 0) is 20.8 Å². The van der Waals surface area contributed by atoms with Gasteiger partial charge in [0, 0.05) is 17.6 Å². The third kappa shape index (κ3) is 2.14. The quantitative estimate of drug-likeness (QED) is 0.667. The molecule has 0 bridgehead atoms. The van der Waals surface area contributed by atoms with E-state index in [0.717, 1.165) is 11.1 Å². The van der Waals surface area contributed by atoms with E-state index in [9.17, 15) is 24.6 Å². The first-order chi connectivity index (χ1) is 12.3. The second-order valence-corrected chi connectivity index (χ2v) is 7.36. The molecule has 0 spiro atoms. The minimum Gasteiger partial charge on any atom is -0.511 e. The number of hydrogen-bond donors (Lipinski definition) is 3. The van der Waals surface area contributed by atoms with E-state index >= 15 is 0 Å². The SMILES string of the molecule is Cc1cccc2c1C(O)=C1C(=O)C3C(O)=C(C(N)=O)C(=O)CC3CC1C2. The predicted molar refractivity (Wildman–Crippen MR) is 93.0 cm³/mol. The molecule has 3 atom stereocenters. The van der Waals surface area contributed by atoms with Crippen molar-refractivity contribution in [1.29, 1.82) is 0 Å². The summed E-state index contributed by atoms with van der Waals surface area (Å²) in [6.45, 7) is 1.87. The first-order valence-corrected chi connectivity index (χ1v) is 8.63. The number of aliphatic hydroxyl groups excluding tert-OH is 2. The van der Waals surface area contributed by atoms with Crippen molar-refractivity contribution in [2.45, 2.75) is 26.2 Å². The molecule has 1 saturated carbocycles. The third-order valence-corrected chi connectivity index (χ3v) is 5.86. The number of ketones is 2. The second kappa shape index (κ2) is 5.56. The first-order valence-electron chi connectivity index (χ1n) is 8.63. The van der Waals surface area contributed by atoms with Crippen molar-refractivity contribution in [2.24, 2.45) is 23.5 Å². The van der Waals surface area contributed by atoms with E-state index in [1.807, 2.05) is 25.1 Å². The summed E-state index contributed by atoms with van der Waals surface area (Å²) in [5.74, 6) is -4.13. The van der Waals surface area contributed by atoms with Gasteiger partial charge < -0.3 is 15.9 Å². The fraction of sp³-hybridized carbons (Fsp3) is 0.350. The first kappa shape index (κ1) is 16.6. The highest BCUT2D eigenvalue weighted by Crippen LogP contribution is 2.49. The topological polar surface area (TPSA) is 118 Å². The van der Waals surface area contributed by atoms with Gasteiger partial charge in [-0.1, -0.05) is 18.2 Å². The molecule has 4 rings (SSSR count). The summed E-state index contributed by atoms with van der Waals surface area (Å²) in [4.78, 5) is 36.8. The van der Waals surface area contributed by atoms with Crippen LogP contribution in [-0.4, -0.2) is 27.7 Å². The number of allylic oxidation sites excluding steroid dienone is 2. The van der Waals surface area contributed by atoms with E-state index in [1.54, 1.807) is 0 Å². The summed E-state index contributed by atoms with van der Waals surface area (Å²) in [5, 5.41) is 21.2. The molecule has 1 aromatic carbocycles. The van der Waals surface area contributed by atoms with E-state index in [-0.39, 0.29) is 29.6 Å². The van der Waals surface area contributed by atoms with Gasteiger partial charge in [-0.15, -0.1) is 0 Å². The Kier molecular flexibility index (Phi) is 3.54. The number of hydrogen-bond acceptors (Lipinski definition) is 5. The third-order valence-electron chi connectivity index (χ3n) is 5.86. The number of carbonyl (C=O) groups is 3. The number of carbonyl (C=O) groups excluding carboxylic acids is 3. The lowest BCUT2D eigenvalue weighted by Crippen LogP contribution is -2.44. The van der Waals surface area contributed by atoms with Crippen molar-refractivity contribution >= 4 is 23.2 Å². The van der Waals surface area contributed by atoms with E-state index in [2.05, 4.69) is 0 Å². The highest BCUT2D eigenvalue weighted by atomic mass is 16.3. The molecule has 3 aliphatic rings. The monoisotopic (exact) mass is 353 g/mol. The zero-order valence-electron chi connectivity index (χ0n) is 14.3. The van der Waals surface area contributed by atoms with Crippen LogP contribution in [0.5, 0.6) is 0 Å². The Balaban J connectivity index is 1.87. The van der Waals surface area contributed by atoms with Gasteiger partial charge in [-0.3, -0.25) is 14.4 Å². The van der Waals surface area contributed by atoms with Gasteiger partial charge in [0.2, 0.25) is 0 Å². The van der Waals surface area contributed by atoms with Gasteiger partial charge in [-0.05, 0) is 42.7 Å². The molecule has 134 valence electrons. The Morgan fingerprint density at radius 1 is 1.19 bits per heavy atom. The molecule has 0 radical (unpaired) electrons. The summed E-state index contributed by atoms with van der Waals surface area (Å²) in [6.07, 6.45) is 1.10. The number of aliphatic hydroxyl groups is 2. The van der Waals surface area contributed by atoms with Gasteiger partial charge in [0.05, 0.1) is 5.92 Å². The van der Waals surface area contributed by atoms with Crippen LogP contribution in [0.1, 0.15) is 29.5 Å². The second-order valence-electron chi connectivity index (χ2n) is 7.36. The predicted octanol–water partition coefficient (Wildman–Crippen LogP) is 1.91. The zero-order valence-corrected chi connectivity index (χ0v) is 14.3. The molecule has 26 heavy (non-hydrogen) atoms. The highest BCUT2D eigenvalue weighted by Gasteiger charge is 2.50. The Morgan fingerprint density at radius 3 is 2.62 bits per heavy atom. The van der Waals surface area contributed by atoms with Crippen molar-refractivity contribution in [1.82, 2.24) is 0 Å². The number of nitrogens with two attached hydrogens (primary N) is 1. The van der Waals surface area contributed by atoms with Crippen LogP contribution in [0.4, 0.5) is 0 Å². The van der Waals surface area contributed by atoms with Crippen LogP contribution < -0.4 is 5.73 Å². The van der Waals surface area contributed by atoms with Crippen LogP contribution in [0.3, 0.4) is 0 Å². The van der Waals surface area contributed by atoms with Gasteiger partial charge in [-0.2, -0.15) is 0 Å². The van der Waals surface area contributed by atoms with E-state index in [1.165, 1.54) is 0 Å². The molecular formula is C20H19NO5. The van der Waals surface area contributed by atoms with Gasteiger partial charge in [-0.25, -0.2) is 0 Å². The average Bonchev–Trinajstić information content (AvgIpc) is 2.53. The largest absolute Gasteiger partial charge is 0.511 e. The molecule has 6 nitrogen and oxygen atoms in total. The molecule has 1 fully saturated rings. The maximum absolute atomic E-state index is 13.1.